The molecule has 1 aliphatic heterocycles. The van der Waals surface area contributed by atoms with Crippen LogP contribution < -0.4 is 20.1 Å². The highest BCUT2D eigenvalue weighted by molar-refractivity contribution is 9.10. The van der Waals surface area contributed by atoms with Crippen LogP contribution in [-0.2, 0) is 0 Å². The SMILES string of the molecule is COc1cc([C@H]2NC(=O)c3sc(=S)n(-c4ccccc4)c3N2)cc(Br)c1OC. The largest absolute Gasteiger partial charge is 0.493 e. The number of para-hydroxylation sites is 1. The van der Waals surface area contributed by atoms with Gasteiger partial charge in [0.1, 0.15) is 16.9 Å². The van der Waals surface area contributed by atoms with Gasteiger partial charge in [0.2, 0.25) is 0 Å². The molecule has 9 heteroatoms. The topological polar surface area (TPSA) is 64.5 Å². The summed E-state index contributed by atoms with van der Waals surface area (Å²) in [6, 6.07) is 13.5. The van der Waals surface area contributed by atoms with Gasteiger partial charge in [-0.25, -0.2) is 0 Å². The standard InChI is InChI=1S/C19H16BrN3O3S2/c1-25-13-9-10(8-12(20)14(13)26-2)16-21-17-15(18(24)22-16)28-19(27)23(17)11-6-4-3-5-7-11/h3-9,16,21H,1-2H3,(H,22,24)/t16-/m1/s1. The molecule has 3 aromatic rings. The molecular formula is C19H16BrN3O3S2. The van der Waals surface area contributed by atoms with Crippen LogP contribution in [0.2, 0.25) is 0 Å². The molecule has 0 bridgehead atoms. The molecule has 2 aromatic carbocycles. The maximum Gasteiger partial charge on any atom is 0.267 e. The van der Waals surface area contributed by atoms with E-state index in [9.17, 15) is 4.79 Å². The number of aromatic nitrogens is 1. The van der Waals surface area contributed by atoms with E-state index in [1.165, 1.54) is 11.3 Å². The van der Waals surface area contributed by atoms with Gasteiger partial charge < -0.3 is 20.1 Å². The van der Waals surface area contributed by atoms with Crippen LogP contribution in [0.5, 0.6) is 11.5 Å². The quantitative estimate of drug-likeness (QED) is 0.523. The van der Waals surface area contributed by atoms with Gasteiger partial charge in [0.25, 0.3) is 5.91 Å². The third-order valence-electron chi connectivity index (χ3n) is 4.38. The number of fused-ring (bicyclic) bond motifs is 1. The van der Waals surface area contributed by atoms with E-state index >= 15 is 0 Å². The molecule has 144 valence electrons. The lowest BCUT2D eigenvalue weighted by Gasteiger charge is -2.28. The van der Waals surface area contributed by atoms with Crippen LogP contribution in [-0.4, -0.2) is 24.7 Å². The number of halogens is 1. The van der Waals surface area contributed by atoms with Crippen molar-refractivity contribution in [1.29, 1.82) is 0 Å². The zero-order chi connectivity index (χ0) is 19.8. The third-order valence-corrected chi connectivity index (χ3v) is 6.34. The first-order valence-corrected chi connectivity index (χ1v) is 10.4. The van der Waals surface area contributed by atoms with E-state index in [0.717, 1.165) is 15.7 Å². The second-order valence-electron chi connectivity index (χ2n) is 6.01. The maximum absolute atomic E-state index is 12.8. The van der Waals surface area contributed by atoms with Gasteiger partial charge in [-0.2, -0.15) is 0 Å². The van der Waals surface area contributed by atoms with Gasteiger partial charge >= 0.3 is 0 Å². The fraction of sp³-hybridized carbons (Fsp3) is 0.158. The zero-order valence-corrected chi connectivity index (χ0v) is 18.2. The van der Waals surface area contributed by atoms with Crippen molar-refractivity contribution in [3.8, 4) is 17.2 Å². The van der Waals surface area contributed by atoms with E-state index in [1.807, 2.05) is 47.0 Å². The Labute approximate surface area is 179 Å². The molecule has 4 rings (SSSR count). The molecule has 0 spiro atoms. The summed E-state index contributed by atoms with van der Waals surface area (Å²) >= 11 is 10.3. The Morgan fingerprint density at radius 3 is 2.57 bits per heavy atom. The average molecular weight is 478 g/mol. The van der Waals surface area contributed by atoms with E-state index in [2.05, 4.69) is 26.6 Å². The molecule has 2 heterocycles. The van der Waals surface area contributed by atoms with Gasteiger partial charge in [0, 0.05) is 5.69 Å². The third kappa shape index (κ3) is 3.19. The first kappa shape index (κ1) is 19.0. The van der Waals surface area contributed by atoms with E-state index in [-0.39, 0.29) is 5.91 Å². The van der Waals surface area contributed by atoms with E-state index < -0.39 is 6.17 Å². The molecule has 2 N–H and O–H groups in total. The predicted molar refractivity (Wildman–Crippen MR) is 116 cm³/mol. The molecule has 0 radical (unpaired) electrons. The fourth-order valence-corrected chi connectivity index (χ4v) is 5.04. The van der Waals surface area contributed by atoms with Crippen LogP contribution in [0.25, 0.3) is 5.69 Å². The van der Waals surface area contributed by atoms with Gasteiger partial charge in [-0.3, -0.25) is 9.36 Å². The first-order chi connectivity index (χ1) is 13.5. The number of methoxy groups -OCH3 is 2. The number of carbonyl (C=O) groups is 1. The van der Waals surface area contributed by atoms with Crippen molar-refractivity contribution < 1.29 is 14.3 Å². The van der Waals surface area contributed by atoms with Gasteiger partial charge in [0.15, 0.2) is 15.5 Å². The minimum absolute atomic E-state index is 0.171. The smallest absolute Gasteiger partial charge is 0.267 e. The number of hydrogen-bond donors (Lipinski definition) is 2. The van der Waals surface area contributed by atoms with Gasteiger partial charge in [-0.05, 0) is 58.0 Å². The van der Waals surface area contributed by atoms with Crippen LogP contribution in [0.1, 0.15) is 21.4 Å². The van der Waals surface area contributed by atoms with Crippen LogP contribution in [0, 0.1) is 3.95 Å². The molecule has 1 amide bonds. The number of anilines is 1. The van der Waals surface area contributed by atoms with Crippen molar-refractivity contribution in [3.63, 3.8) is 0 Å². The number of benzene rings is 2. The van der Waals surface area contributed by atoms with Crippen LogP contribution >= 0.6 is 39.5 Å². The Morgan fingerprint density at radius 2 is 1.89 bits per heavy atom. The molecule has 0 saturated carbocycles. The first-order valence-electron chi connectivity index (χ1n) is 8.33. The zero-order valence-electron chi connectivity index (χ0n) is 15.0. The van der Waals surface area contributed by atoms with Crippen LogP contribution in [0.4, 0.5) is 5.82 Å². The Kier molecular flexibility index (Phi) is 5.13. The Bertz CT molecular complexity index is 1110. The van der Waals surface area contributed by atoms with E-state index in [1.54, 1.807) is 14.2 Å². The molecule has 0 fully saturated rings. The number of nitrogens with one attached hydrogen (secondary N) is 2. The molecule has 0 aliphatic carbocycles. The van der Waals surface area contributed by atoms with Gasteiger partial charge in [-0.1, -0.05) is 29.5 Å². The summed E-state index contributed by atoms with van der Waals surface area (Å²) in [7, 11) is 3.15. The lowest BCUT2D eigenvalue weighted by Crippen LogP contribution is -2.38. The van der Waals surface area contributed by atoms with Crippen molar-refractivity contribution in [3.05, 3.63) is 61.3 Å². The molecular weight excluding hydrogens is 462 g/mol. The van der Waals surface area contributed by atoms with Crippen LogP contribution in [0.3, 0.4) is 0 Å². The van der Waals surface area contributed by atoms with Crippen molar-refractivity contribution in [1.82, 2.24) is 9.88 Å². The molecule has 0 saturated heterocycles. The highest BCUT2D eigenvalue weighted by atomic mass is 79.9. The molecule has 0 unspecified atom stereocenters. The monoisotopic (exact) mass is 477 g/mol. The molecule has 1 atom stereocenters. The van der Waals surface area contributed by atoms with Gasteiger partial charge in [0.05, 0.1) is 18.7 Å². The number of thiazole rings is 1. The van der Waals surface area contributed by atoms with Crippen molar-refractivity contribution in [2.45, 2.75) is 6.17 Å². The number of nitrogens with zero attached hydrogens (tertiary/aromatic N) is 1. The maximum atomic E-state index is 12.8. The fourth-order valence-electron chi connectivity index (χ4n) is 3.11. The van der Waals surface area contributed by atoms with Crippen molar-refractivity contribution >= 4 is 51.2 Å². The minimum Gasteiger partial charge on any atom is -0.493 e. The highest BCUT2D eigenvalue weighted by Crippen LogP contribution is 2.40. The Morgan fingerprint density at radius 1 is 1.14 bits per heavy atom. The lowest BCUT2D eigenvalue weighted by atomic mass is 10.1. The summed E-state index contributed by atoms with van der Waals surface area (Å²) in [6.07, 6.45) is -0.449. The van der Waals surface area contributed by atoms with Crippen molar-refractivity contribution in [2.24, 2.45) is 0 Å². The number of hydrogen-bond acceptors (Lipinski definition) is 6. The van der Waals surface area contributed by atoms with Gasteiger partial charge in [-0.15, -0.1) is 0 Å². The molecule has 1 aliphatic rings. The summed E-state index contributed by atoms with van der Waals surface area (Å²) in [5, 5.41) is 6.39. The predicted octanol–water partition coefficient (Wildman–Crippen LogP) is 4.90. The van der Waals surface area contributed by atoms with Crippen molar-refractivity contribution in [2.75, 3.05) is 19.5 Å². The normalized spacial score (nSPS) is 15.4. The number of rotatable bonds is 4. The number of amides is 1. The summed E-state index contributed by atoms with van der Waals surface area (Å²) < 4.78 is 14.0. The Hall–Kier alpha value is -2.36. The van der Waals surface area contributed by atoms with E-state index in [4.69, 9.17) is 21.7 Å². The Balaban J connectivity index is 1.80. The molecule has 1 aromatic heterocycles. The van der Waals surface area contributed by atoms with Crippen LogP contribution in [0.15, 0.2) is 46.9 Å². The number of ether oxygens (including phenoxy) is 2. The summed E-state index contributed by atoms with van der Waals surface area (Å²) in [6.45, 7) is 0. The molecule has 28 heavy (non-hydrogen) atoms. The average Bonchev–Trinajstić information content (AvgIpc) is 3.04. The second kappa shape index (κ2) is 7.57. The summed E-state index contributed by atoms with van der Waals surface area (Å²) in [4.78, 5) is 13.3. The second-order valence-corrected chi connectivity index (χ2v) is 8.50. The molecule has 6 nitrogen and oxygen atoms in total. The van der Waals surface area contributed by atoms with E-state index in [0.29, 0.717) is 26.1 Å². The number of carbonyl (C=O) groups excluding carboxylic acids is 1. The highest BCUT2D eigenvalue weighted by Gasteiger charge is 2.30. The lowest BCUT2D eigenvalue weighted by molar-refractivity contribution is 0.0939. The summed E-state index contributed by atoms with van der Waals surface area (Å²) in [5.41, 5.74) is 1.72. The summed E-state index contributed by atoms with van der Waals surface area (Å²) in [5.74, 6) is 1.67. The minimum atomic E-state index is -0.449.